The van der Waals surface area contributed by atoms with E-state index in [2.05, 4.69) is 15.6 Å². The Kier molecular flexibility index (Phi) is 7.44. The molecule has 4 rings (SSSR count). The lowest BCUT2D eigenvalue weighted by Gasteiger charge is -2.26. The fourth-order valence-electron chi connectivity index (χ4n) is 3.26. The Balaban J connectivity index is 1.27. The van der Waals surface area contributed by atoms with E-state index in [1.807, 2.05) is 49.4 Å². The Hall–Kier alpha value is -4.27. The number of amides is 1. The highest BCUT2D eigenvalue weighted by Gasteiger charge is 2.21. The Morgan fingerprint density at radius 3 is 2.65 bits per heavy atom. The number of fused-ring (bicyclic) bond motifs is 1. The second kappa shape index (κ2) is 11.0. The standard InChI is InChI=1S/C25H25N3O6/c1-2-31-18-11-9-17(10-12-18)28-24-20(6-5-13-26-24)25(30)33-16-23(29)27-14-19-15-32-21-7-3-4-8-22(21)34-19/h3-13,19H,2,14-16H2,1H3,(H,26,28)(H,27,29)/t19-/m0/s1. The van der Waals surface area contributed by atoms with Gasteiger partial charge >= 0.3 is 5.97 Å². The second-order valence-corrected chi connectivity index (χ2v) is 7.36. The van der Waals surface area contributed by atoms with Crippen molar-refractivity contribution in [2.75, 3.05) is 31.7 Å². The first-order chi connectivity index (χ1) is 16.6. The van der Waals surface area contributed by atoms with Gasteiger partial charge in [0.25, 0.3) is 5.91 Å². The van der Waals surface area contributed by atoms with E-state index >= 15 is 0 Å². The number of nitrogens with one attached hydrogen (secondary N) is 2. The zero-order valence-corrected chi connectivity index (χ0v) is 18.7. The average molecular weight is 463 g/mol. The first-order valence-corrected chi connectivity index (χ1v) is 10.9. The highest BCUT2D eigenvalue weighted by Crippen LogP contribution is 2.30. The SMILES string of the molecule is CCOc1ccc(Nc2ncccc2C(=O)OCC(=O)NC[C@H]2COc3ccccc3O2)cc1. The van der Waals surface area contributed by atoms with Gasteiger partial charge in [0.05, 0.1) is 13.2 Å². The van der Waals surface area contributed by atoms with E-state index in [4.69, 9.17) is 18.9 Å². The van der Waals surface area contributed by atoms with Gasteiger partial charge in [0.1, 0.15) is 29.8 Å². The van der Waals surface area contributed by atoms with Gasteiger partial charge in [-0.15, -0.1) is 0 Å². The summed E-state index contributed by atoms with van der Waals surface area (Å²) in [6, 6.07) is 17.8. The predicted octanol–water partition coefficient (Wildman–Crippen LogP) is 3.34. The molecule has 1 amide bonds. The maximum atomic E-state index is 12.6. The molecule has 0 fully saturated rings. The number of nitrogens with zero attached hydrogens (tertiary/aromatic N) is 1. The molecule has 2 N–H and O–H groups in total. The van der Waals surface area contributed by atoms with Crippen molar-refractivity contribution in [3.63, 3.8) is 0 Å². The molecule has 1 atom stereocenters. The van der Waals surface area contributed by atoms with Crippen LogP contribution in [0.2, 0.25) is 0 Å². The first kappa shape index (κ1) is 22.9. The molecule has 0 aliphatic carbocycles. The zero-order chi connectivity index (χ0) is 23.8. The molecule has 3 aromatic rings. The molecule has 9 heteroatoms. The fourth-order valence-corrected chi connectivity index (χ4v) is 3.26. The van der Waals surface area contributed by atoms with Gasteiger partial charge in [0.15, 0.2) is 18.1 Å². The molecule has 0 saturated carbocycles. The summed E-state index contributed by atoms with van der Waals surface area (Å²) in [7, 11) is 0. The molecular formula is C25H25N3O6. The molecule has 1 aliphatic rings. The summed E-state index contributed by atoms with van der Waals surface area (Å²) in [5.74, 6) is 1.26. The van der Waals surface area contributed by atoms with Crippen molar-refractivity contribution >= 4 is 23.4 Å². The second-order valence-electron chi connectivity index (χ2n) is 7.36. The van der Waals surface area contributed by atoms with E-state index in [1.165, 1.54) is 0 Å². The van der Waals surface area contributed by atoms with Crippen molar-refractivity contribution in [3.8, 4) is 17.2 Å². The Bertz CT molecular complexity index is 1140. The van der Waals surface area contributed by atoms with Crippen molar-refractivity contribution in [2.24, 2.45) is 0 Å². The summed E-state index contributed by atoms with van der Waals surface area (Å²) < 4.78 is 22.0. The van der Waals surface area contributed by atoms with Crippen LogP contribution in [-0.2, 0) is 9.53 Å². The Labute approximate surface area is 197 Å². The summed E-state index contributed by atoms with van der Waals surface area (Å²) in [5, 5.41) is 5.78. The third-order valence-corrected chi connectivity index (χ3v) is 4.88. The number of para-hydroxylation sites is 2. The van der Waals surface area contributed by atoms with E-state index in [9.17, 15) is 9.59 Å². The van der Waals surface area contributed by atoms with Crippen LogP contribution in [-0.4, -0.2) is 49.3 Å². The Morgan fingerprint density at radius 2 is 1.85 bits per heavy atom. The van der Waals surface area contributed by atoms with Crippen molar-refractivity contribution < 1.29 is 28.5 Å². The number of aromatic nitrogens is 1. The van der Waals surface area contributed by atoms with Gasteiger partial charge in [0, 0.05) is 11.9 Å². The lowest BCUT2D eigenvalue weighted by atomic mass is 10.2. The molecule has 34 heavy (non-hydrogen) atoms. The van der Waals surface area contributed by atoms with Gasteiger partial charge < -0.3 is 29.6 Å². The number of benzene rings is 2. The minimum atomic E-state index is -0.664. The van der Waals surface area contributed by atoms with Crippen LogP contribution in [0.3, 0.4) is 0 Å². The van der Waals surface area contributed by atoms with Crippen molar-refractivity contribution in [3.05, 3.63) is 72.4 Å². The maximum Gasteiger partial charge on any atom is 0.342 e. The maximum absolute atomic E-state index is 12.6. The Morgan fingerprint density at radius 1 is 1.06 bits per heavy atom. The third kappa shape index (κ3) is 5.94. The van der Waals surface area contributed by atoms with Crippen molar-refractivity contribution in [1.29, 1.82) is 0 Å². The first-order valence-electron chi connectivity index (χ1n) is 10.9. The number of ether oxygens (including phenoxy) is 4. The van der Waals surface area contributed by atoms with Crippen LogP contribution in [0.5, 0.6) is 17.2 Å². The molecule has 0 spiro atoms. The number of pyridine rings is 1. The molecular weight excluding hydrogens is 438 g/mol. The van der Waals surface area contributed by atoms with Gasteiger partial charge in [0.2, 0.25) is 0 Å². The summed E-state index contributed by atoms with van der Waals surface area (Å²) in [6.45, 7) is 2.59. The van der Waals surface area contributed by atoms with Crippen LogP contribution in [0.25, 0.3) is 0 Å². The largest absolute Gasteiger partial charge is 0.494 e. The molecule has 176 valence electrons. The molecule has 2 heterocycles. The molecule has 1 aliphatic heterocycles. The monoisotopic (exact) mass is 463 g/mol. The number of hydrogen-bond acceptors (Lipinski definition) is 8. The van der Waals surface area contributed by atoms with E-state index in [0.717, 1.165) is 11.4 Å². The van der Waals surface area contributed by atoms with Gasteiger partial charge in [-0.2, -0.15) is 0 Å². The van der Waals surface area contributed by atoms with Gasteiger partial charge in [-0.05, 0) is 55.5 Å². The molecule has 0 saturated heterocycles. The highest BCUT2D eigenvalue weighted by molar-refractivity contribution is 5.96. The number of rotatable bonds is 9. The topological polar surface area (TPSA) is 108 Å². The van der Waals surface area contributed by atoms with Crippen molar-refractivity contribution in [2.45, 2.75) is 13.0 Å². The summed E-state index contributed by atoms with van der Waals surface area (Å²) in [6.07, 6.45) is 1.22. The molecule has 0 radical (unpaired) electrons. The summed E-state index contributed by atoms with van der Waals surface area (Å²) >= 11 is 0. The van der Waals surface area contributed by atoms with E-state index in [1.54, 1.807) is 24.4 Å². The summed E-state index contributed by atoms with van der Waals surface area (Å²) in [5.41, 5.74) is 0.940. The number of carbonyl (C=O) groups excluding carboxylic acids is 2. The van der Waals surface area contributed by atoms with Gasteiger partial charge in [-0.25, -0.2) is 9.78 Å². The zero-order valence-electron chi connectivity index (χ0n) is 18.7. The van der Waals surface area contributed by atoms with Gasteiger partial charge in [-0.3, -0.25) is 4.79 Å². The average Bonchev–Trinajstić information content (AvgIpc) is 2.87. The lowest BCUT2D eigenvalue weighted by Crippen LogP contribution is -2.42. The number of hydrogen-bond donors (Lipinski definition) is 2. The van der Waals surface area contributed by atoms with Crippen LogP contribution in [0.1, 0.15) is 17.3 Å². The number of anilines is 2. The fraction of sp³-hybridized carbons (Fsp3) is 0.240. The molecule has 1 aromatic heterocycles. The lowest BCUT2D eigenvalue weighted by molar-refractivity contribution is -0.124. The quantitative estimate of drug-likeness (QED) is 0.465. The summed E-state index contributed by atoms with van der Waals surface area (Å²) in [4.78, 5) is 29.0. The molecule has 2 aromatic carbocycles. The highest BCUT2D eigenvalue weighted by atomic mass is 16.6. The normalized spacial score (nSPS) is 14.1. The van der Waals surface area contributed by atoms with E-state index in [-0.39, 0.29) is 18.2 Å². The van der Waals surface area contributed by atoms with Crippen LogP contribution in [0.15, 0.2) is 66.9 Å². The molecule has 0 bridgehead atoms. The number of esters is 1. The third-order valence-electron chi connectivity index (χ3n) is 4.88. The van der Waals surface area contributed by atoms with Crippen molar-refractivity contribution in [1.82, 2.24) is 10.3 Å². The van der Waals surface area contributed by atoms with Crippen LogP contribution in [0, 0.1) is 0 Å². The number of carbonyl (C=O) groups is 2. The molecule has 0 unspecified atom stereocenters. The predicted molar refractivity (Wildman–Crippen MR) is 125 cm³/mol. The minimum Gasteiger partial charge on any atom is -0.494 e. The minimum absolute atomic E-state index is 0.213. The van der Waals surface area contributed by atoms with Crippen LogP contribution >= 0.6 is 0 Å². The van der Waals surface area contributed by atoms with E-state index in [0.29, 0.717) is 30.5 Å². The van der Waals surface area contributed by atoms with Crippen LogP contribution < -0.4 is 24.8 Å². The molecule has 9 nitrogen and oxygen atoms in total. The van der Waals surface area contributed by atoms with E-state index < -0.39 is 18.5 Å². The van der Waals surface area contributed by atoms with Gasteiger partial charge in [-0.1, -0.05) is 12.1 Å². The van der Waals surface area contributed by atoms with Crippen LogP contribution in [0.4, 0.5) is 11.5 Å². The smallest absolute Gasteiger partial charge is 0.342 e.